The lowest BCUT2D eigenvalue weighted by Crippen LogP contribution is -2.05. The molecule has 0 fully saturated rings. The van der Waals surface area contributed by atoms with Crippen molar-refractivity contribution in [3.8, 4) is 0 Å². The minimum atomic E-state index is -4.36. The van der Waals surface area contributed by atoms with E-state index in [2.05, 4.69) is 13.8 Å². The second kappa shape index (κ2) is 6.79. The van der Waals surface area contributed by atoms with E-state index in [1.54, 1.807) is 6.92 Å². The fourth-order valence-electron chi connectivity index (χ4n) is 0.856. The number of halogens is 4. The summed E-state index contributed by atoms with van der Waals surface area (Å²) in [5.41, 5.74) is -0.226. The van der Waals surface area contributed by atoms with E-state index in [0.717, 1.165) is 6.07 Å². The van der Waals surface area contributed by atoms with Gasteiger partial charge in [0.05, 0.1) is 10.6 Å². The molecule has 0 atom stereocenters. The van der Waals surface area contributed by atoms with Gasteiger partial charge in [0.1, 0.15) is 0 Å². The summed E-state index contributed by atoms with van der Waals surface area (Å²) in [6, 6.07) is 3.82. The van der Waals surface area contributed by atoms with Crippen LogP contribution >= 0.6 is 11.6 Å². The lowest BCUT2D eigenvalue weighted by molar-refractivity contribution is -0.137. The summed E-state index contributed by atoms with van der Waals surface area (Å²) in [5.74, 6) is 0. The van der Waals surface area contributed by atoms with E-state index < -0.39 is 11.7 Å². The molecule has 4 heteroatoms. The van der Waals surface area contributed by atoms with E-state index >= 15 is 0 Å². The zero-order valence-electron chi connectivity index (χ0n) is 9.66. The highest BCUT2D eigenvalue weighted by Crippen LogP contribution is 2.34. The molecule has 92 valence electrons. The maximum absolute atomic E-state index is 12.1. The van der Waals surface area contributed by atoms with Gasteiger partial charge in [0.15, 0.2) is 0 Å². The van der Waals surface area contributed by atoms with Crippen LogP contribution in [0.3, 0.4) is 0 Å². The van der Waals surface area contributed by atoms with Crippen molar-refractivity contribution in [1.82, 2.24) is 0 Å². The monoisotopic (exact) mass is 252 g/mol. The zero-order chi connectivity index (χ0) is 12.8. The molecule has 0 aliphatic heterocycles. The molecule has 0 nitrogen and oxygen atoms in total. The minimum absolute atomic E-state index is 0.256. The SMILES string of the molecule is CCCC.Cc1ccc(Cl)c(C(F)(F)F)c1. The Morgan fingerprint density at radius 1 is 1.12 bits per heavy atom. The molecule has 0 saturated heterocycles. The highest BCUT2D eigenvalue weighted by molar-refractivity contribution is 6.31. The molecular formula is C12H16ClF3. The van der Waals surface area contributed by atoms with Gasteiger partial charge in [-0.2, -0.15) is 13.2 Å². The average molecular weight is 253 g/mol. The molecule has 0 aromatic heterocycles. The van der Waals surface area contributed by atoms with Gasteiger partial charge in [-0.1, -0.05) is 49.9 Å². The van der Waals surface area contributed by atoms with Gasteiger partial charge in [-0.05, 0) is 19.1 Å². The Morgan fingerprint density at radius 3 is 1.94 bits per heavy atom. The number of unbranched alkanes of at least 4 members (excludes halogenated alkanes) is 1. The van der Waals surface area contributed by atoms with Crippen LogP contribution in [0.4, 0.5) is 13.2 Å². The predicted molar refractivity (Wildman–Crippen MR) is 61.8 cm³/mol. The second-order valence-electron chi connectivity index (χ2n) is 3.48. The summed E-state index contributed by atoms with van der Waals surface area (Å²) in [5, 5.41) is -0.256. The Bertz CT molecular complexity index is 317. The first-order valence-corrected chi connectivity index (χ1v) is 5.54. The van der Waals surface area contributed by atoms with Crippen LogP contribution in [0.2, 0.25) is 5.02 Å². The third kappa shape index (κ3) is 5.40. The van der Waals surface area contributed by atoms with Crippen molar-refractivity contribution in [3.05, 3.63) is 34.3 Å². The van der Waals surface area contributed by atoms with E-state index in [-0.39, 0.29) is 5.02 Å². The first-order valence-electron chi connectivity index (χ1n) is 5.16. The largest absolute Gasteiger partial charge is 0.417 e. The van der Waals surface area contributed by atoms with Crippen LogP contribution in [0.5, 0.6) is 0 Å². The molecule has 1 aromatic rings. The Kier molecular flexibility index (Phi) is 6.49. The van der Waals surface area contributed by atoms with Crippen LogP contribution in [-0.4, -0.2) is 0 Å². The van der Waals surface area contributed by atoms with Crippen molar-refractivity contribution in [2.75, 3.05) is 0 Å². The third-order valence-electron chi connectivity index (χ3n) is 1.93. The van der Waals surface area contributed by atoms with Gasteiger partial charge in [-0.25, -0.2) is 0 Å². The molecule has 0 heterocycles. The molecule has 0 radical (unpaired) electrons. The van der Waals surface area contributed by atoms with Gasteiger partial charge in [0.25, 0.3) is 0 Å². The maximum atomic E-state index is 12.1. The van der Waals surface area contributed by atoms with Gasteiger partial charge < -0.3 is 0 Å². The number of rotatable bonds is 1. The van der Waals surface area contributed by atoms with Gasteiger partial charge >= 0.3 is 6.18 Å². The fourth-order valence-corrected chi connectivity index (χ4v) is 1.08. The average Bonchev–Trinajstić information content (AvgIpc) is 2.20. The summed E-state index contributed by atoms with van der Waals surface area (Å²) in [6.45, 7) is 5.95. The Hall–Kier alpha value is -0.700. The van der Waals surface area contributed by atoms with Gasteiger partial charge in [-0.3, -0.25) is 0 Å². The van der Waals surface area contributed by atoms with E-state index in [9.17, 15) is 13.2 Å². The predicted octanol–water partition coefficient (Wildman–Crippen LogP) is 5.47. The molecule has 0 N–H and O–H groups in total. The zero-order valence-corrected chi connectivity index (χ0v) is 10.4. The summed E-state index contributed by atoms with van der Waals surface area (Å²) < 4.78 is 36.4. The molecule has 0 saturated carbocycles. The number of hydrogen-bond donors (Lipinski definition) is 0. The molecule has 0 amide bonds. The smallest absolute Gasteiger partial charge is 0.166 e. The molecule has 0 aliphatic rings. The van der Waals surface area contributed by atoms with Gasteiger partial charge in [0.2, 0.25) is 0 Å². The number of alkyl halides is 3. The Morgan fingerprint density at radius 2 is 1.62 bits per heavy atom. The topological polar surface area (TPSA) is 0 Å². The van der Waals surface area contributed by atoms with Crippen LogP contribution < -0.4 is 0 Å². The van der Waals surface area contributed by atoms with Crippen molar-refractivity contribution >= 4 is 11.6 Å². The van der Waals surface area contributed by atoms with Crippen LogP contribution in [-0.2, 0) is 6.18 Å². The molecule has 0 aliphatic carbocycles. The van der Waals surface area contributed by atoms with Crippen molar-refractivity contribution < 1.29 is 13.2 Å². The van der Waals surface area contributed by atoms with Crippen LogP contribution in [0, 0.1) is 6.92 Å². The second-order valence-corrected chi connectivity index (χ2v) is 3.89. The first kappa shape index (κ1) is 15.3. The Labute approximate surface area is 99.4 Å². The lowest BCUT2D eigenvalue weighted by atomic mass is 10.1. The van der Waals surface area contributed by atoms with Crippen LogP contribution in [0.15, 0.2) is 18.2 Å². The lowest BCUT2D eigenvalue weighted by Gasteiger charge is -2.08. The summed E-state index contributed by atoms with van der Waals surface area (Å²) in [4.78, 5) is 0. The molecule has 0 unspecified atom stereocenters. The van der Waals surface area contributed by atoms with Gasteiger partial charge in [-0.15, -0.1) is 0 Å². The minimum Gasteiger partial charge on any atom is -0.166 e. The summed E-state index contributed by atoms with van der Waals surface area (Å²) in [6.07, 6.45) is -1.72. The summed E-state index contributed by atoms with van der Waals surface area (Å²) >= 11 is 5.36. The highest BCUT2D eigenvalue weighted by atomic mass is 35.5. The van der Waals surface area contributed by atoms with E-state index in [1.165, 1.54) is 25.0 Å². The first-order chi connectivity index (χ1) is 7.32. The fraction of sp³-hybridized carbons (Fsp3) is 0.500. The van der Waals surface area contributed by atoms with Crippen LogP contribution in [0.1, 0.15) is 37.8 Å². The normalized spacial score (nSPS) is 10.7. The van der Waals surface area contributed by atoms with Crippen molar-refractivity contribution in [1.29, 1.82) is 0 Å². The Balaban J connectivity index is 0.000000487. The quantitative estimate of drug-likeness (QED) is 0.621. The van der Waals surface area contributed by atoms with Crippen molar-refractivity contribution in [3.63, 3.8) is 0 Å². The molecule has 1 aromatic carbocycles. The summed E-state index contributed by atoms with van der Waals surface area (Å²) in [7, 11) is 0. The van der Waals surface area contributed by atoms with Crippen LogP contribution in [0.25, 0.3) is 0 Å². The highest BCUT2D eigenvalue weighted by Gasteiger charge is 2.32. The van der Waals surface area contributed by atoms with Crippen molar-refractivity contribution in [2.24, 2.45) is 0 Å². The number of benzene rings is 1. The number of aryl methyl sites for hydroxylation is 1. The van der Waals surface area contributed by atoms with E-state index in [4.69, 9.17) is 11.6 Å². The van der Waals surface area contributed by atoms with Gasteiger partial charge in [0, 0.05) is 0 Å². The van der Waals surface area contributed by atoms with E-state index in [1.807, 2.05) is 0 Å². The molecular weight excluding hydrogens is 237 g/mol. The third-order valence-corrected chi connectivity index (χ3v) is 2.26. The maximum Gasteiger partial charge on any atom is 0.417 e. The molecule has 16 heavy (non-hydrogen) atoms. The van der Waals surface area contributed by atoms with Crippen molar-refractivity contribution in [2.45, 2.75) is 39.8 Å². The number of hydrogen-bond acceptors (Lipinski definition) is 0. The molecule has 0 spiro atoms. The molecule has 1 rings (SSSR count). The molecule has 0 bridgehead atoms. The standard InChI is InChI=1S/C8H6ClF3.C4H10/c1-5-2-3-7(9)6(4-5)8(10,11)12;1-3-4-2/h2-4H,1H3;3-4H2,1-2H3. The van der Waals surface area contributed by atoms with E-state index in [0.29, 0.717) is 5.56 Å².